The summed E-state index contributed by atoms with van der Waals surface area (Å²) in [5.74, 6) is 7.35. The van der Waals surface area contributed by atoms with E-state index in [1.807, 2.05) is 52.0 Å². The van der Waals surface area contributed by atoms with Gasteiger partial charge < -0.3 is 15.9 Å². The van der Waals surface area contributed by atoms with Gasteiger partial charge in [-0.25, -0.2) is 4.68 Å². The summed E-state index contributed by atoms with van der Waals surface area (Å²) in [5.41, 5.74) is 0.586. The Hall–Kier alpha value is -2.22. The van der Waals surface area contributed by atoms with Crippen LogP contribution in [0.2, 0.25) is 0 Å². The minimum atomic E-state index is -0.332. The molecule has 0 aliphatic carbocycles. The number of carbonyl (C=O) groups excluding carboxylic acids is 1. The molecule has 7 nitrogen and oxygen atoms in total. The summed E-state index contributed by atoms with van der Waals surface area (Å²) in [6.45, 7) is 7.86. The van der Waals surface area contributed by atoms with Gasteiger partial charge in [0.05, 0.1) is 12.4 Å². The minimum absolute atomic E-state index is 0.0501. The summed E-state index contributed by atoms with van der Waals surface area (Å²) >= 11 is 1.28. The van der Waals surface area contributed by atoms with Crippen LogP contribution in [-0.2, 0) is 4.79 Å². The second-order valence-corrected chi connectivity index (χ2v) is 7.70. The van der Waals surface area contributed by atoms with Crippen LogP contribution in [-0.4, -0.2) is 38.7 Å². The van der Waals surface area contributed by atoms with Gasteiger partial charge in [0.2, 0.25) is 11.1 Å². The molecular weight excluding hydrogens is 338 g/mol. The molecule has 3 N–H and O–H groups in total. The highest BCUT2D eigenvalue weighted by Crippen LogP contribution is 2.26. The molecule has 1 atom stereocenters. The van der Waals surface area contributed by atoms with Crippen molar-refractivity contribution in [1.29, 1.82) is 0 Å². The van der Waals surface area contributed by atoms with Gasteiger partial charge in [0.1, 0.15) is 5.75 Å². The number of nitrogens with one attached hydrogen (secondary N) is 1. The van der Waals surface area contributed by atoms with Crippen molar-refractivity contribution in [3.8, 4) is 17.1 Å². The molecule has 1 amide bonds. The molecule has 8 heteroatoms. The van der Waals surface area contributed by atoms with Gasteiger partial charge in [-0.2, -0.15) is 0 Å². The molecule has 0 bridgehead atoms. The van der Waals surface area contributed by atoms with Gasteiger partial charge in [-0.3, -0.25) is 4.79 Å². The monoisotopic (exact) mass is 363 g/mol. The normalized spacial score (nSPS) is 12.7. The average Bonchev–Trinajstić information content (AvgIpc) is 2.95. The van der Waals surface area contributed by atoms with E-state index in [4.69, 9.17) is 10.6 Å². The van der Waals surface area contributed by atoms with E-state index in [9.17, 15) is 4.79 Å². The summed E-state index contributed by atoms with van der Waals surface area (Å²) < 4.78 is 6.55. The van der Waals surface area contributed by atoms with Crippen LogP contribution in [0.4, 0.5) is 0 Å². The maximum absolute atomic E-state index is 12.3. The maximum atomic E-state index is 12.3. The lowest BCUT2D eigenvalue weighted by Crippen LogP contribution is -2.46. The Morgan fingerprint density at radius 1 is 1.36 bits per heavy atom. The summed E-state index contributed by atoms with van der Waals surface area (Å²) in [6.07, 6.45) is 0.852. The fraction of sp³-hybridized carbons (Fsp3) is 0.471. The molecule has 2 rings (SSSR count). The number of nitrogen functional groups attached to an aromatic ring is 1. The average molecular weight is 363 g/mol. The lowest BCUT2D eigenvalue weighted by molar-refractivity contribution is -0.121. The molecule has 0 saturated heterocycles. The highest BCUT2D eigenvalue weighted by atomic mass is 32.2. The zero-order valence-electron chi connectivity index (χ0n) is 15.2. The zero-order chi connectivity index (χ0) is 18.6. The molecule has 1 aromatic carbocycles. The van der Waals surface area contributed by atoms with E-state index in [1.165, 1.54) is 16.4 Å². The number of thioether (sulfide) groups is 1. The maximum Gasteiger partial charge on any atom is 0.233 e. The molecule has 0 fully saturated rings. The number of hydrogen-bond donors (Lipinski definition) is 2. The Morgan fingerprint density at radius 2 is 2.00 bits per heavy atom. The summed E-state index contributed by atoms with van der Waals surface area (Å²) in [6, 6.07) is 7.39. The highest BCUT2D eigenvalue weighted by Gasteiger charge is 2.24. The third-order valence-corrected chi connectivity index (χ3v) is 5.07. The number of aromatic nitrogens is 3. The van der Waals surface area contributed by atoms with E-state index in [0.29, 0.717) is 11.0 Å². The first-order chi connectivity index (χ1) is 11.8. The fourth-order valence-electron chi connectivity index (χ4n) is 2.03. The molecule has 1 heterocycles. The first kappa shape index (κ1) is 19.1. The number of nitrogens with zero attached hydrogens (tertiary/aromatic N) is 3. The molecule has 1 unspecified atom stereocenters. The van der Waals surface area contributed by atoms with Gasteiger partial charge in [-0.05, 0) is 51.5 Å². The number of nitrogens with two attached hydrogens (primary N) is 1. The predicted molar refractivity (Wildman–Crippen MR) is 100.0 cm³/mol. The van der Waals surface area contributed by atoms with Crippen molar-refractivity contribution in [3.63, 3.8) is 0 Å². The van der Waals surface area contributed by atoms with Gasteiger partial charge in [0.15, 0.2) is 5.82 Å². The first-order valence-electron chi connectivity index (χ1n) is 8.11. The molecule has 0 saturated carbocycles. The largest absolute Gasteiger partial charge is 0.497 e. The van der Waals surface area contributed by atoms with Crippen LogP contribution in [0, 0.1) is 0 Å². The van der Waals surface area contributed by atoms with E-state index in [-0.39, 0.29) is 16.7 Å². The Morgan fingerprint density at radius 3 is 2.56 bits per heavy atom. The Bertz CT molecular complexity index is 727. The van der Waals surface area contributed by atoms with Gasteiger partial charge in [-0.1, -0.05) is 18.7 Å². The number of rotatable bonds is 7. The molecule has 1 aromatic heterocycles. The van der Waals surface area contributed by atoms with E-state index < -0.39 is 0 Å². The van der Waals surface area contributed by atoms with Crippen molar-refractivity contribution in [1.82, 2.24) is 20.2 Å². The molecule has 0 radical (unpaired) electrons. The van der Waals surface area contributed by atoms with Crippen LogP contribution < -0.4 is 15.9 Å². The molecule has 136 valence electrons. The second-order valence-electron chi connectivity index (χ2n) is 6.39. The third kappa shape index (κ3) is 4.66. The van der Waals surface area contributed by atoms with Gasteiger partial charge >= 0.3 is 0 Å². The number of methoxy groups -OCH3 is 1. The number of carbonyl (C=O) groups is 1. The lowest BCUT2D eigenvalue weighted by atomic mass is 10.0. The van der Waals surface area contributed by atoms with E-state index >= 15 is 0 Å². The number of amides is 1. The van der Waals surface area contributed by atoms with Gasteiger partial charge in [0, 0.05) is 11.1 Å². The van der Waals surface area contributed by atoms with Crippen LogP contribution in [0.15, 0.2) is 29.4 Å². The van der Waals surface area contributed by atoms with Crippen molar-refractivity contribution in [2.75, 3.05) is 13.0 Å². The fourth-order valence-corrected chi connectivity index (χ4v) is 2.80. The van der Waals surface area contributed by atoms with Crippen LogP contribution in [0.1, 0.15) is 34.1 Å². The van der Waals surface area contributed by atoms with Crippen molar-refractivity contribution in [2.45, 2.75) is 50.1 Å². The Kier molecular flexibility index (Phi) is 5.94. The number of ether oxygens (including phenoxy) is 1. The van der Waals surface area contributed by atoms with E-state index in [2.05, 4.69) is 15.5 Å². The van der Waals surface area contributed by atoms with Crippen LogP contribution in [0.5, 0.6) is 5.75 Å². The van der Waals surface area contributed by atoms with Crippen LogP contribution in [0.3, 0.4) is 0 Å². The zero-order valence-corrected chi connectivity index (χ0v) is 16.1. The first-order valence-corrected chi connectivity index (χ1v) is 8.99. The predicted octanol–water partition coefficient (Wildman–Crippen LogP) is 2.45. The van der Waals surface area contributed by atoms with E-state index in [0.717, 1.165) is 17.7 Å². The molecule has 0 aliphatic rings. The minimum Gasteiger partial charge on any atom is -0.497 e. The van der Waals surface area contributed by atoms with Crippen LogP contribution in [0.25, 0.3) is 11.4 Å². The number of hydrogen-bond acceptors (Lipinski definition) is 6. The Balaban J connectivity index is 2.11. The standard InChI is InChI=1S/C17H25N5O2S/c1-6-17(3,4)19-15(23)11(2)25-16-21-20-14(22(16)18)12-7-9-13(24-5)10-8-12/h7-11H,6,18H2,1-5H3,(H,19,23). The topological polar surface area (TPSA) is 95.1 Å². The second kappa shape index (κ2) is 7.77. The van der Waals surface area contributed by atoms with Crippen LogP contribution >= 0.6 is 11.8 Å². The molecule has 0 spiro atoms. The summed E-state index contributed by atoms with van der Waals surface area (Å²) in [5, 5.41) is 11.4. The smallest absolute Gasteiger partial charge is 0.233 e. The third-order valence-electron chi connectivity index (χ3n) is 4.01. The molecule has 2 aromatic rings. The Labute approximate surface area is 152 Å². The van der Waals surface area contributed by atoms with Gasteiger partial charge in [0.25, 0.3) is 0 Å². The van der Waals surface area contributed by atoms with Crippen molar-refractivity contribution in [3.05, 3.63) is 24.3 Å². The SMILES string of the molecule is CCC(C)(C)NC(=O)C(C)Sc1nnc(-c2ccc(OC)cc2)n1N. The van der Waals surface area contributed by atoms with Gasteiger partial charge in [-0.15, -0.1) is 10.2 Å². The van der Waals surface area contributed by atoms with Crippen molar-refractivity contribution >= 4 is 17.7 Å². The van der Waals surface area contributed by atoms with Crippen molar-refractivity contribution in [2.24, 2.45) is 0 Å². The number of benzene rings is 1. The van der Waals surface area contributed by atoms with Crippen molar-refractivity contribution < 1.29 is 9.53 Å². The molecule has 25 heavy (non-hydrogen) atoms. The quantitative estimate of drug-likeness (QED) is 0.579. The molecule has 0 aliphatic heterocycles. The summed E-state index contributed by atoms with van der Waals surface area (Å²) in [4.78, 5) is 12.3. The van der Waals surface area contributed by atoms with E-state index in [1.54, 1.807) is 7.11 Å². The highest BCUT2D eigenvalue weighted by molar-refractivity contribution is 8.00. The lowest BCUT2D eigenvalue weighted by Gasteiger charge is -2.26. The molecular formula is C17H25N5O2S. The summed E-state index contributed by atoms with van der Waals surface area (Å²) in [7, 11) is 1.61.